The van der Waals surface area contributed by atoms with Crippen molar-refractivity contribution in [2.45, 2.75) is 123 Å². The number of hydrogen-bond acceptors (Lipinski definition) is 6. The predicted molar refractivity (Wildman–Crippen MR) is 146 cm³/mol. The molecular formula is C30H47N3O6. The maximum atomic E-state index is 14.2. The summed E-state index contributed by atoms with van der Waals surface area (Å²) < 4.78 is 5.49. The first-order valence-electron chi connectivity index (χ1n) is 14.9. The van der Waals surface area contributed by atoms with Crippen molar-refractivity contribution in [1.29, 1.82) is 0 Å². The van der Waals surface area contributed by atoms with Gasteiger partial charge in [0.05, 0.1) is 6.04 Å². The number of ether oxygens (including phenoxy) is 1. The first-order valence-corrected chi connectivity index (χ1v) is 14.9. The quantitative estimate of drug-likeness (QED) is 0.425. The molecule has 0 bridgehead atoms. The number of carbonyl (C=O) groups excluding carboxylic acids is 5. The van der Waals surface area contributed by atoms with E-state index in [9.17, 15) is 24.0 Å². The first kappa shape index (κ1) is 29.5. The Kier molecular flexibility index (Phi) is 8.48. The molecule has 9 nitrogen and oxygen atoms in total. The van der Waals surface area contributed by atoms with Gasteiger partial charge in [-0.3, -0.25) is 19.2 Å². The van der Waals surface area contributed by atoms with Gasteiger partial charge in [-0.15, -0.1) is 0 Å². The predicted octanol–water partition coefficient (Wildman–Crippen LogP) is 3.78. The Hall–Kier alpha value is -2.45. The fourth-order valence-corrected chi connectivity index (χ4v) is 7.07. The van der Waals surface area contributed by atoms with Gasteiger partial charge < -0.3 is 20.3 Å². The maximum Gasteiger partial charge on any atom is 0.408 e. The zero-order valence-corrected chi connectivity index (χ0v) is 24.5. The molecule has 3 aliphatic carbocycles. The second kappa shape index (κ2) is 11.2. The number of piperidine rings is 1. The molecule has 9 heteroatoms. The van der Waals surface area contributed by atoms with Crippen molar-refractivity contribution in [3.05, 3.63) is 0 Å². The lowest BCUT2D eigenvalue weighted by atomic mass is 9.79. The molecule has 4 rings (SSSR count). The highest BCUT2D eigenvalue weighted by Gasteiger charge is 2.69. The van der Waals surface area contributed by atoms with E-state index in [0.717, 1.165) is 51.4 Å². The number of fused-ring (bicyclic) bond motifs is 1. The molecule has 0 aromatic rings. The fraction of sp³-hybridized carbons (Fsp3) is 0.833. The van der Waals surface area contributed by atoms with Crippen LogP contribution in [0, 0.1) is 29.1 Å². The highest BCUT2D eigenvalue weighted by molar-refractivity contribution is 6.38. The smallest absolute Gasteiger partial charge is 0.408 e. The molecule has 1 aliphatic heterocycles. The molecule has 3 saturated carbocycles. The summed E-state index contributed by atoms with van der Waals surface area (Å²) in [5, 5.41) is 5.76. The zero-order chi connectivity index (χ0) is 28.7. The minimum Gasteiger partial charge on any atom is -0.444 e. The minimum atomic E-state index is -0.868. The number of likely N-dealkylation sites (tertiary alicyclic amines) is 1. The molecular weight excluding hydrogens is 498 g/mol. The molecule has 1 heterocycles. The van der Waals surface area contributed by atoms with Crippen LogP contribution in [0.4, 0.5) is 4.79 Å². The van der Waals surface area contributed by atoms with E-state index in [-0.39, 0.29) is 35.0 Å². The maximum absolute atomic E-state index is 14.2. The van der Waals surface area contributed by atoms with Crippen LogP contribution in [0.1, 0.15) is 99.3 Å². The molecule has 0 aromatic heterocycles. The number of rotatable bonds is 9. The summed E-state index contributed by atoms with van der Waals surface area (Å²) in [4.78, 5) is 67.1. The van der Waals surface area contributed by atoms with Crippen molar-refractivity contribution in [2.75, 3.05) is 6.54 Å². The summed E-state index contributed by atoms with van der Waals surface area (Å²) in [6, 6.07) is -2.39. The first-order chi connectivity index (χ1) is 18.2. The normalized spacial score (nSPS) is 27.9. The van der Waals surface area contributed by atoms with Gasteiger partial charge in [-0.05, 0) is 69.1 Å². The minimum absolute atomic E-state index is 0.0296. The Bertz CT molecular complexity index is 991. The van der Waals surface area contributed by atoms with Crippen LogP contribution in [0.15, 0.2) is 0 Å². The van der Waals surface area contributed by atoms with Gasteiger partial charge in [0.2, 0.25) is 17.6 Å². The number of ketones is 2. The number of Topliss-reactive ketones (excluding diaryl/α,β-unsaturated/α-hetero) is 2. The van der Waals surface area contributed by atoms with Crippen molar-refractivity contribution in [1.82, 2.24) is 15.5 Å². The largest absolute Gasteiger partial charge is 0.444 e. The molecule has 5 atom stereocenters. The average Bonchev–Trinajstić information content (AvgIpc) is 3.15. The molecule has 39 heavy (non-hydrogen) atoms. The summed E-state index contributed by atoms with van der Waals surface area (Å²) in [5.41, 5.74) is -0.809. The number of alkyl carbamates (subject to hydrolysis) is 1. The van der Waals surface area contributed by atoms with Gasteiger partial charge >= 0.3 is 6.09 Å². The van der Waals surface area contributed by atoms with Crippen LogP contribution in [0.25, 0.3) is 0 Å². The summed E-state index contributed by atoms with van der Waals surface area (Å²) in [6.07, 6.45) is 7.62. The summed E-state index contributed by atoms with van der Waals surface area (Å²) >= 11 is 0. The molecule has 4 unspecified atom stereocenters. The van der Waals surface area contributed by atoms with Crippen molar-refractivity contribution in [3.63, 3.8) is 0 Å². The molecule has 1 saturated heterocycles. The third kappa shape index (κ3) is 6.49. The molecule has 0 aromatic carbocycles. The van der Waals surface area contributed by atoms with Gasteiger partial charge in [-0.1, -0.05) is 52.4 Å². The molecule has 0 radical (unpaired) electrons. The van der Waals surface area contributed by atoms with Crippen LogP contribution in [-0.2, 0) is 23.9 Å². The van der Waals surface area contributed by atoms with E-state index < -0.39 is 41.4 Å². The molecule has 4 fully saturated rings. The van der Waals surface area contributed by atoms with E-state index in [1.165, 1.54) is 6.92 Å². The van der Waals surface area contributed by atoms with Gasteiger partial charge in [0.25, 0.3) is 0 Å². The van der Waals surface area contributed by atoms with Crippen molar-refractivity contribution in [3.8, 4) is 0 Å². The summed E-state index contributed by atoms with van der Waals surface area (Å²) in [5.74, 6) is -1.36. The highest BCUT2D eigenvalue weighted by Crippen LogP contribution is 2.65. The van der Waals surface area contributed by atoms with Crippen molar-refractivity contribution < 1.29 is 28.7 Å². The number of nitrogens with one attached hydrogen (secondary N) is 2. The van der Waals surface area contributed by atoms with Crippen LogP contribution in [0.5, 0.6) is 0 Å². The fourth-order valence-electron chi connectivity index (χ4n) is 7.07. The molecule has 218 valence electrons. The SMILES string of the molecule is CC(=O)C(=O)C(CC1CCC1)NC(=O)[C@@H]1C2C(CN1C(=O)C(NC(=O)OC(C)(C)C)C1CCCCC1)C2(C)C. The summed E-state index contributed by atoms with van der Waals surface area (Å²) in [6.45, 7) is 11.2. The van der Waals surface area contributed by atoms with E-state index in [0.29, 0.717) is 18.9 Å². The van der Waals surface area contributed by atoms with Crippen LogP contribution in [-0.4, -0.2) is 64.6 Å². The van der Waals surface area contributed by atoms with Crippen LogP contribution in [0.3, 0.4) is 0 Å². The van der Waals surface area contributed by atoms with Gasteiger partial charge in [-0.25, -0.2) is 4.79 Å². The van der Waals surface area contributed by atoms with Crippen molar-refractivity contribution >= 4 is 29.5 Å². The Morgan fingerprint density at radius 3 is 2.13 bits per heavy atom. The zero-order valence-electron chi connectivity index (χ0n) is 24.5. The van der Waals surface area contributed by atoms with Gasteiger partial charge in [-0.2, -0.15) is 0 Å². The molecule has 3 amide bonds. The van der Waals surface area contributed by atoms with E-state index in [2.05, 4.69) is 24.5 Å². The standard InChI is InChI=1S/C30H47N3O6/c1-17(34)25(35)21(15-18-11-10-12-18)31-26(36)24-22-20(30(22,5)6)16-33(24)27(37)23(19-13-8-7-9-14-19)32-28(38)39-29(2,3)4/h18-24H,7-16H2,1-6H3,(H,31,36)(H,32,38)/t20?,21?,22?,23?,24-/m0/s1. The lowest BCUT2D eigenvalue weighted by molar-refractivity contribution is -0.144. The molecule has 2 N–H and O–H groups in total. The lowest BCUT2D eigenvalue weighted by Gasteiger charge is -2.37. The van der Waals surface area contributed by atoms with E-state index in [1.807, 2.05) is 0 Å². The topological polar surface area (TPSA) is 122 Å². The van der Waals surface area contributed by atoms with Crippen LogP contribution < -0.4 is 10.6 Å². The van der Waals surface area contributed by atoms with E-state index >= 15 is 0 Å². The Labute approximate surface area is 232 Å². The highest BCUT2D eigenvalue weighted by atomic mass is 16.6. The summed E-state index contributed by atoms with van der Waals surface area (Å²) in [7, 11) is 0. The van der Waals surface area contributed by atoms with E-state index in [1.54, 1.807) is 25.7 Å². The Balaban J connectivity index is 1.55. The number of carbonyl (C=O) groups is 5. The Morgan fingerprint density at radius 2 is 1.59 bits per heavy atom. The monoisotopic (exact) mass is 545 g/mol. The Morgan fingerprint density at radius 1 is 0.949 bits per heavy atom. The second-order valence-corrected chi connectivity index (χ2v) is 13.9. The van der Waals surface area contributed by atoms with Crippen LogP contribution >= 0.6 is 0 Å². The van der Waals surface area contributed by atoms with Gasteiger partial charge in [0.15, 0.2) is 5.78 Å². The number of hydrogen-bond donors (Lipinski definition) is 2. The number of nitrogens with zero attached hydrogens (tertiary/aromatic N) is 1. The average molecular weight is 546 g/mol. The third-order valence-electron chi connectivity index (χ3n) is 9.59. The number of amides is 3. The van der Waals surface area contributed by atoms with E-state index in [4.69, 9.17) is 4.74 Å². The lowest BCUT2D eigenvalue weighted by Crippen LogP contribution is -2.59. The van der Waals surface area contributed by atoms with Crippen LogP contribution in [0.2, 0.25) is 0 Å². The molecule has 4 aliphatic rings. The van der Waals surface area contributed by atoms with Crippen molar-refractivity contribution in [2.24, 2.45) is 29.1 Å². The molecule has 0 spiro atoms. The van der Waals surface area contributed by atoms with Gasteiger partial charge in [0.1, 0.15) is 17.7 Å². The van der Waals surface area contributed by atoms with Gasteiger partial charge in [0, 0.05) is 13.5 Å². The third-order valence-corrected chi connectivity index (χ3v) is 9.59. The second-order valence-electron chi connectivity index (χ2n) is 13.9.